The molecule has 0 aliphatic carbocycles. The maximum atomic E-state index is 2.47. The van der Waals surface area contributed by atoms with Gasteiger partial charge in [-0.3, -0.25) is 0 Å². The molecular formula is I3Pt. The molecule has 0 aromatic carbocycles. The molecule has 0 fully saturated rings. The van der Waals surface area contributed by atoms with Crippen LogP contribution in [0.4, 0.5) is 0 Å². The predicted molar refractivity (Wildman–Crippen MR) is 42.1 cm³/mol. The fourth-order valence-corrected chi connectivity index (χ4v) is 0. The zero-order valence-electron chi connectivity index (χ0n) is 1.45. The van der Waals surface area contributed by atoms with E-state index in [1.807, 2.05) is 0 Å². The average molecular weight is 576 g/mol. The third-order valence-electron chi connectivity index (χ3n) is 0. The molecule has 0 unspecified atom stereocenters. The molecule has 4 heteroatoms. The summed E-state index contributed by atoms with van der Waals surface area (Å²) in [7, 11) is 0. The van der Waals surface area contributed by atoms with E-state index in [1.165, 1.54) is 0 Å². The summed E-state index contributed by atoms with van der Waals surface area (Å²) in [6.45, 7) is 0. The third-order valence-corrected chi connectivity index (χ3v) is 0. The van der Waals surface area contributed by atoms with Crippen molar-refractivity contribution in [3.05, 3.63) is 0 Å². The molecule has 0 rings (SSSR count). The van der Waals surface area contributed by atoms with Gasteiger partial charge in [0.25, 0.3) is 0 Å². The first-order valence-corrected chi connectivity index (χ1v) is 19.7. The summed E-state index contributed by atoms with van der Waals surface area (Å²) in [6.07, 6.45) is -0.359. The van der Waals surface area contributed by atoms with Gasteiger partial charge in [-0.05, 0) is 0 Å². The van der Waals surface area contributed by atoms with E-state index < -0.39 is 0 Å². The first-order chi connectivity index (χ1) is 1.73. The Hall–Kier alpha value is 2.88. The second kappa shape index (κ2) is 4.05. The molecule has 31 valence electrons. The second-order valence-corrected chi connectivity index (χ2v) is 49.9. The molecule has 0 saturated heterocycles. The standard InChI is InChI=1S/3HI.Pt/h3*1H;/q;;;+3/p-3. The molecule has 0 aliphatic heterocycles. The van der Waals surface area contributed by atoms with Gasteiger partial charge in [-0.25, -0.2) is 0 Å². The molecule has 0 aromatic heterocycles. The first-order valence-electron chi connectivity index (χ1n) is 0.359. The molecule has 0 radical (unpaired) electrons. The summed E-state index contributed by atoms with van der Waals surface area (Å²) in [5.74, 6) is 0. The van der Waals surface area contributed by atoms with Crippen LogP contribution in [0.3, 0.4) is 0 Å². The summed E-state index contributed by atoms with van der Waals surface area (Å²) >= 11 is 7.42. The number of hydrogen-bond donors (Lipinski definition) is 0. The molecule has 0 atom stereocenters. The Labute approximate surface area is 62.5 Å². The predicted octanol–water partition coefficient (Wildman–Crippen LogP) is 2.65. The van der Waals surface area contributed by atoms with Crippen LogP contribution in [0.1, 0.15) is 0 Å². The van der Waals surface area contributed by atoms with Crippen molar-refractivity contribution in [2.45, 2.75) is 0 Å². The minimum absolute atomic E-state index is 0.359. The summed E-state index contributed by atoms with van der Waals surface area (Å²) in [6, 6.07) is 0. The summed E-state index contributed by atoms with van der Waals surface area (Å²) in [5.41, 5.74) is 0. The average Bonchev–Trinajstić information content (AvgIpc) is 0.811. The Morgan fingerprint density at radius 1 is 1.00 bits per heavy atom. The van der Waals surface area contributed by atoms with Gasteiger partial charge in [0.1, 0.15) is 0 Å². The van der Waals surface area contributed by atoms with Gasteiger partial charge in [0.05, 0.1) is 0 Å². The molecule has 0 N–H and O–H groups in total. The Balaban J connectivity index is 2.32. The van der Waals surface area contributed by atoms with Crippen LogP contribution >= 0.6 is 58.1 Å². The molecule has 4 heavy (non-hydrogen) atoms. The summed E-state index contributed by atoms with van der Waals surface area (Å²) in [4.78, 5) is 0. The van der Waals surface area contributed by atoms with E-state index in [1.54, 1.807) is 0 Å². The SMILES string of the molecule is [I][Pt]([I])[I]. The van der Waals surface area contributed by atoms with Crippen molar-refractivity contribution in [2.75, 3.05) is 0 Å². The summed E-state index contributed by atoms with van der Waals surface area (Å²) in [5, 5.41) is 0. The Morgan fingerprint density at radius 3 is 1.00 bits per heavy atom. The maximum absolute atomic E-state index is 2.47. The first kappa shape index (κ1) is 6.88. The van der Waals surface area contributed by atoms with Gasteiger partial charge in [0.2, 0.25) is 0 Å². The van der Waals surface area contributed by atoms with Crippen molar-refractivity contribution in [3.8, 4) is 0 Å². The minimum atomic E-state index is -0.359. The van der Waals surface area contributed by atoms with Crippen LogP contribution in [0.2, 0.25) is 0 Å². The topological polar surface area (TPSA) is 0 Å². The van der Waals surface area contributed by atoms with Crippen LogP contribution in [-0.2, 0) is 6.27 Å². The van der Waals surface area contributed by atoms with Crippen molar-refractivity contribution in [1.82, 2.24) is 0 Å². The van der Waals surface area contributed by atoms with Gasteiger partial charge in [-0.15, -0.1) is 0 Å². The zero-order chi connectivity index (χ0) is 3.58. The van der Waals surface area contributed by atoms with Gasteiger partial charge in [0, 0.05) is 0 Å². The van der Waals surface area contributed by atoms with E-state index in [-0.39, 0.29) is 6.27 Å². The molecule has 0 nitrogen and oxygen atoms in total. The van der Waals surface area contributed by atoms with Crippen LogP contribution in [0.25, 0.3) is 0 Å². The molecular weight excluding hydrogens is 576 g/mol. The van der Waals surface area contributed by atoms with Crippen LogP contribution in [-0.4, -0.2) is 0 Å². The van der Waals surface area contributed by atoms with Gasteiger partial charge in [0.15, 0.2) is 0 Å². The Kier molecular flexibility index (Phi) is 6.96. The van der Waals surface area contributed by atoms with E-state index in [2.05, 4.69) is 58.1 Å². The van der Waals surface area contributed by atoms with Crippen molar-refractivity contribution in [1.29, 1.82) is 0 Å². The molecule has 0 heterocycles. The monoisotopic (exact) mass is 576 g/mol. The van der Waals surface area contributed by atoms with Crippen LogP contribution in [0, 0.1) is 0 Å². The van der Waals surface area contributed by atoms with Gasteiger partial charge in [-0.2, -0.15) is 0 Å². The number of hydrogen-bond acceptors (Lipinski definition) is 0. The third kappa shape index (κ3) is 8.86. The molecule has 0 amide bonds. The molecule has 0 aromatic rings. The molecule has 0 bridgehead atoms. The molecule has 0 aliphatic rings. The van der Waals surface area contributed by atoms with Gasteiger partial charge in [-0.1, -0.05) is 0 Å². The Bertz CT molecular complexity index is 8.00. The van der Waals surface area contributed by atoms with Crippen molar-refractivity contribution in [3.63, 3.8) is 0 Å². The van der Waals surface area contributed by atoms with Crippen molar-refractivity contribution in [2.24, 2.45) is 0 Å². The van der Waals surface area contributed by atoms with Crippen molar-refractivity contribution >= 4 is 58.1 Å². The van der Waals surface area contributed by atoms with E-state index >= 15 is 0 Å². The van der Waals surface area contributed by atoms with E-state index in [0.29, 0.717) is 0 Å². The van der Waals surface area contributed by atoms with Crippen LogP contribution in [0.15, 0.2) is 0 Å². The van der Waals surface area contributed by atoms with Gasteiger partial charge >= 0.3 is 64.3 Å². The van der Waals surface area contributed by atoms with Crippen LogP contribution in [0.5, 0.6) is 0 Å². The van der Waals surface area contributed by atoms with E-state index in [4.69, 9.17) is 0 Å². The summed E-state index contributed by atoms with van der Waals surface area (Å²) < 4.78 is 0. The fraction of sp³-hybridized carbons (Fsp3) is 0. The Morgan fingerprint density at radius 2 is 1.00 bits per heavy atom. The van der Waals surface area contributed by atoms with Gasteiger partial charge < -0.3 is 0 Å². The molecule has 0 saturated carbocycles. The van der Waals surface area contributed by atoms with E-state index in [0.717, 1.165) is 0 Å². The normalized spacial score (nSPS) is 11.2. The van der Waals surface area contributed by atoms with Crippen molar-refractivity contribution < 1.29 is 6.27 Å². The number of rotatable bonds is 0. The van der Waals surface area contributed by atoms with Crippen LogP contribution < -0.4 is 0 Å². The fourth-order valence-electron chi connectivity index (χ4n) is 0. The quantitative estimate of drug-likeness (QED) is 0.390. The number of halogens is 3. The molecule has 0 spiro atoms. The van der Waals surface area contributed by atoms with E-state index in [9.17, 15) is 0 Å². The zero-order valence-corrected chi connectivity index (χ0v) is 10.2. The second-order valence-electron chi connectivity index (χ2n) is 0.136.